The van der Waals surface area contributed by atoms with E-state index in [1.165, 1.54) is 65.5 Å². The van der Waals surface area contributed by atoms with E-state index in [4.69, 9.17) is 21.6 Å². The summed E-state index contributed by atoms with van der Waals surface area (Å²) in [5, 5.41) is 0.804. The van der Waals surface area contributed by atoms with Crippen LogP contribution in [-0.4, -0.2) is 9.97 Å². The number of halogens is 1. The first kappa shape index (κ1) is 29.8. The molecule has 0 atom stereocenters. The summed E-state index contributed by atoms with van der Waals surface area (Å²) in [7, 11) is 0. The van der Waals surface area contributed by atoms with Gasteiger partial charge in [-0.3, -0.25) is 0 Å². The molecule has 0 N–H and O–H groups in total. The van der Waals surface area contributed by atoms with Crippen LogP contribution in [0.15, 0.2) is 152 Å². The summed E-state index contributed by atoms with van der Waals surface area (Å²) in [5.74, 6) is 0. The van der Waals surface area contributed by atoms with Crippen LogP contribution in [0.2, 0.25) is 5.02 Å². The van der Waals surface area contributed by atoms with Crippen molar-refractivity contribution in [1.82, 2.24) is 9.97 Å². The van der Waals surface area contributed by atoms with Crippen molar-refractivity contribution in [2.45, 2.75) is 37.5 Å². The van der Waals surface area contributed by atoms with Gasteiger partial charge in [-0.05, 0) is 70.5 Å². The van der Waals surface area contributed by atoms with Crippen LogP contribution in [0.1, 0.15) is 43.2 Å². The van der Waals surface area contributed by atoms with Crippen LogP contribution in [-0.2, 0) is 5.41 Å². The molecule has 2 nitrogen and oxygen atoms in total. The van der Waals surface area contributed by atoms with Crippen LogP contribution in [0, 0.1) is 0 Å². The third kappa shape index (κ3) is 5.19. The second kappa shape index (κ2) is 12.3. The fraction of sp³-hybridized carbons (Fsp3) is 0.130. The molecule has 1 fully saturated rings. The number of benzene rings is 6. The van der Waals surface area contributed by atoms with Crippen LogP contribution in [0.5, 0.6) is 0 Å². The van der Waals surface area contributed by atoms with Gasteiger partial charge in [0.15, 0.2) is 0 Å². The highest BCUT2D eigenvalue weighted by molar-refractivity contribution is 6.31. The monoisotopic (exact) mass is 650 g/mol. The molecule has 0 unspecified atom stereocenters. The molecule has 1 spiro atoms. The maximum absolute atomic E-state index is 6.56. The average molecular weight is 651 g/mol. The quantitative estimate of drug-likeness (QED) is 0.185. The first-order chi connectivity index (χ1) is 24.2. The van der Waals surface area contributed by atoms with E-state index >= 15 is 0 Å². The molecule has 1 saturated carbocycles. The molecule has 9 rings (SSSR count). The van der Waals surface area contributed by atoms with Gasteiger partial charge in [0, 0.05) is 32.7 Å². The zero-order valence-corrected chi connectivity index (χ0v) is 28.0. The van der Waals surface area contributed by atoms with Crippen LogP contribution in [0.3, 0.4) is 0 Å². The molecule has 2 aliphatic carbocycles. The van der Waals surface area contributed by atoms with Crippen molar-refractivity contribution < 1.29 is 0 Å². The normalized spacial score (nSPS) is 14.4. The van der Waals surface area contributed by atoms with Gasteiger partial charge in [-0.2, -0.15) is 0 Å². The first-order valence-corrected chi connectivity index (χ1v) is 17.7. The molecular weight excluding hydrogens is 616 g/mol. The molecular formula is C46H35ClN2. The van der Waals surface area contributed by atoms with Gasteiger partial charge in [-0.25, -0.2) is 9.97 Å². The number of hydrogen-bond acceptors (Lipinski definition) is 2. The maximum Gasteiger partial charge on any atom is 0.0973 e. The van der Waals surface area contributed by atoms with Crippen LogP contribution < -0.4 is 0 Å². The minimum atomic E-state index is 0.0605. The lowest BCUT2D eigenvalue weighted by atomic mass is 9.67. The van der Waals surface area contributed by atoms with Crippen LogP contribution >= 0.6 is 11.6 Å². The van der Waals surface area contributed by atoms with Crippen molar-refractivity contribution in [3.05, 3.63) is 168 Å². The molecule has 236 valence electrons. The summed E-state index contributed by atoms with van der Waals surface area (Å²) in [6, 6.07) is 53.7. The molecule has 0 aliphatic heterocycles. The van der Waals surface area contributed by atoms with Gasteiger partial charge in [0.1, 0.15) is 0 Å². The molecule has 0 bridgehead atoms. The summed E-state index contributed by atoms with van der Waals surface area (Å²) in [4.78, 5) is 10.9. The van der Waals surface area contributed by atoms with Crippen molar-refractivity contribution in [2.75, 3.05) is 0 Å². The lowest BCUT2D eigenvalue weighted by Crippen LogP contribution is -2.28. The Labute approximate surface area is 293 Å². The summed E-state index contributed by atoms with van der Waals surface area (Å²) in [5.41, 5.74) is 15.7. The number of hydrogen-bond donors (Lipinski definition) is 0. The molecule has 6 aromatic carbocycles. The lowest BCUT2D eigenvalue weighted by molar-refractivity contribution is 0.353. The van der Waals surface area contributed by atoms with E-state index < -0.39 is 0 Å². The third-order valence-electron chi connectivity index (χ3n) is 10.5. The van der Waals surface area contributed by atoms with Crippen molar-refractivity contribution in [3.63, 3.8) is 0 Å². The fourth-order valence-corrected chi connectivity index (χ4v) is 8.40. The van der Waals surface area contributed by atoms with Gasteiger partial charge in [0.2, 0.25) is 0 Å². The Morgan fingerprint density at radius 3 is 1.49 bits per heavy atom. The van der Waals surface area contributed by atoms with Gasteiger partial charge in [-0.15, -0.1) is 0 Å². The Hall–Kier alpha value is -5.31. The Kier molecular flexibility index (Phi) is 7.48. The Morgan fingerprint density at radius 2 is 0.898 bits per heavy atom. The molecule has 3 heteroatoms. The fourth-order valence-electron chi connectivity index (χ4n) is 8.22. The first-order valence-electron chi connectivity index (χ1n) is 17.3. The Bertz CT molecular complexity index is 2310. The predicted molar refractivity (Wildman–Crippen MR) is 204 cm³/mol. The highest BCUT2D eigenvalue weighted by Gasteiger charge is 2.43. The molecule has 49 heavy (non-hydrogen) atoms. The van der Waals surface area contributed by atoms with Crippen LogP contribution in [0.4, 0.5) is 0 Å². The molecule has 7 aromatic rings. The summed E-state index contributed by atoms with van der Waals surface area (Å²) in [6.45, 7) is 0. The number of rotatable bonds is 5. The predicted octanol–water partition coefficient (Wildman–Crippen LogP) is 12.7. The molecule has 1 aromatic heterocycles. The highest BCUT2D eigenvalue weighted by Crippen LogP contribution is 2.56. The van der Waals surface area contributed by atoms with E-state index in [0.717, 1.165) is 50.1 Å². The standard InChI is InChI=1S/C46H35ClN2/c47-37-23-25-40-39(30-37)38-24-22-35(29-41(38)46(40)26-11-4-12-27-46)34-20-13-21-36(28-34)45-44(33-18-9-3-10-19-33)48-42(31-14-5-1-6-15-31)43(49-45)32-16-7-2-8-17-32/h1-3,5-10,13-25,28-30H,4,11-12,26-27H2. The van der Waals surface area contributed by atoms with Crippen molar-refractivity contribution in [3.8, 4) is 67.3 Å². The van der Waals surface area contributed by atoms with Gasteiger partial charge in [0.25, 0.3) is 0 Å². The molecule has 0 radical (unpaired) electrons. The van der Waals surface area contributed by atoms with E-state index in [9.17, 15) is 0 Å². The van der Waals surface area contributed by atoms with Crippen molar-refractivity contribution in [1.29, 1.82) is 0 Å². The van der Waals surface area contributed by atoms with Gasteiger partial charge >= 0.3 is 0 Å². The van der Waals surface area contributed by atoms with Gasteiger partial charge < -0.3 is 0 Å². The Morgan fingerprint density at radius 1 is 0.388 bits per heavy atom. The van der Waals surface area contributed by atoms with Gasteiger partial charge in [-0.1, -0.05) is 158 Å². The largest absolute Gasteiger partial charge is 0.243 e. The van der Waals surface area contributed by atoms with E-state index in [2.05, 4.69) is 133 Å². The molecule has 1 heterocycles. The van der Waals surface area contributed by atoms with E-state index in [-0.39, 0.29) is 5.41 Å². The second-order valence-corrected chi connectivity index (χ2v) is 13.8. The highest BCUT2D eigenvalue weighted by atomic mass is 35.5. The second-order valence-electron chi connectivity index (χ2n) is 13.4. The zero-order valence-electron chi connectivity index (χ0n) is 27.2. The van der Waals surface area contributed by atoms with E-state index in [1.807, 2.05) is 18.2 Å². The number of nitrogens with zero attached hydrogens (tertiary/aromatic N) is 2. The number of aromatic nitrogens is 2. The SMILES string of the molecule is Clc1ccc2c(c1)-c1ccc(-c3cccc(-c4nc(-c5ccccc5)c(-c5ccccc5)nc4-c4ccccc4)c3)cc1C21CCCCC1. The van der Waals surface area contributed by atoms with E-state index in [1.54, 1.807) is 0 Å². The molecule has 2 aliphatic rings. The summed E-state index contributed by atoms with van der Waals surface area (Å²) in [6.07, 6.45) is 6.19. The zero-order chi connectivity index (χ0) is 32.8. The lowest BCUT2D eigenvalue weighted by Gasteiger charge is -2.36. The smallest absolute Gasteiger partial charge is 0.0973 e. The topological polar surface area (TPSA) is 25.8 Å². The maximum atomic E-state index is 6.56. The minimum Gasteiger partial charge on any atom is -0.243 e. The van der Waals surface area contributed by atoms with Crippen molar-refractivity contribution >= 4 is 11.6 Å². The number of fused-ring (bicyclic) bond motifs is 5. The van der Waals surface area contributed by atoms with Crippen molar-refractivity contribution in [2.24, 2.45) is 0 Å². The Balaban J connectivity index is 1.22. The van der Waals surface area contributed by atoms with E-state index in [0.29, 0.717) is 0 Å². The minimum absolute atomic E-state index is 0.0605. The van der Waals surface area contributed by atoms with Gasteiger partial charge in [0.05, 0.1) is 22.8 Å². The third-order valence-corrected chi connectivity index (χ3v) is 10.8. The molecule has 0 saturated heterocycles. The summed E-state index contributed by atoms with van der Waals surface area (Å²) < 4.78 is 0. The van der Waals surface area contributed by atoms with Crippen LogP contribution in [0.25, 0.3) is 67.3 Å². The average Bonchev–Trinajstić information content (AvgIpc) is 3.42. The summed E-state index contributed by atoms with van der Waals surface area (Å²) >= 11 is 6.56. The molecule has 0 amide bonds.